The Morgan fingerprint density at radius 3 is 2.36 bits per heavy atom. The van der Waals surface area contributed by atoms with Gasteiger partial charge in [0.25, 0.3) is 0 Å². The van der Waals surface area contributed by atoms with Crippen molar-refractivity contribution in [3.8, 4) is 5.75 Å². The second-order valence-electron chi connectivity index (χ2n) is 7.32. The molecule has 1 aromatic carbocycles. The van der Waals surface area contributed by atoms with Gasteiger partial charge >= 0.3 is 7.12 Å². The molecule has 0 radical (unpaired) electrons. The summed E-state index contributed by atoms with van der Waals surface area (Å²) in [5.41, 5.74) is 2.18. The van der Waals surface area contributed by atoms with Crippen molar-refractivity contribution in [2.24, 2.45) is 0 Å². The first-order chi connectivity index (χ1) is 11.6. The van der Waals surface area contributed by atoms with Gasteiger partial charge in [0.2, 0.25) is 0 Å². The minimum absolute atomic E-state index is 0.0731. The topological polar surface area (TPSA) is 44.8 Å². The summed E-state index contributed by atoms with van der Waals surface area (Å²) < 4.78 is 17.7. The van der Waals surface area contributed by atoms with Crippen molar-refractivity contribution < 1.29 is 18.8 Å². The number of ether oxygens (including phenoxy) is 1. The zero-order chi connectivity index (χ0) is 18.8. The van der Waals surface area contributed by atoms with Gasteiger partial charge in [0.1, 0.15) is 5.75 Å². The Hall–Kier alpha value is -1.24. The van der Waals surface area contributed by atoms with E-state index in [0.29, 0.717) is 5.75 Å². The quantitative estimate of drug-likeness (QED) is 0.731. The predicted octanol–water partition coefficient (Wildman–Crippen LogP) is 4.30. The maximum atomic E-state index is 11.4. The maximum Gasteiger partial charge on any atom is 0.491 e. The Morgan fingerprint density at radius 1 is 1.24 bits per heavy atom. The van der Waals surface area contributed by atoms with Gasteiger partial charge < -0.3 is 14.0 Å². The van der Waals surface area contributed by atoms with Crippen molar-refractivity contribution in [3.63, 3.8) is 0 Å². The largest absolute Gasteiger partial charge is 0.496 e. The van der Waals surface area contributed by atoms with Crippen LogP contribution >= 0.6 is 11.8 Å². The SMILES string of the molecule is COc1cc(C=C(CSC(C)=O)B2OC(C)(C)C(C)(C)O2)ccc1C. The van der Waals surface area contributed by atoms with Crippen molar-refractivity contribution in [2.45, 2.75) is 52.7 Å². The molecule has 1 saturated heterocycles. The maximum absolute atomic E-state index is 11.4. The second-order valence-corrected chi connectivity index (χ2v) is 8.47. The predicted molar refractivity (Wildman–Crippen MR) is 105 cm³/mol. The van der Waals surface area contributed by atoms with Crippen molar-refractivity contribution in [1.29, 1.82) is 0 Å². The summed E-state index contributed by atoms with van der Waals surface area (Å²) in [4.78, 5) is 11.4. The second kappa shape index (κ2) is 7.56. The monoisotopic (exact) mass is 362 g/mol. The third-order valence-electron chi connectivity index (χ3n) is 4.78. The van der Waals surface area contributed by atoms with Gasteiger partial charge in [0.05, 0.1) is 18.3 Å². The molecule has 0 unspecified atom stereocenters. The molecule has 1 fully saturated rings. The van der Waals surface area contributed by atoms with Crippen LogP contribution in [0.25, 0.3) is 6.08 Å². The van der Waals surface area contributed by atoms with Crippen molar-refractivity contribution in [2.75, 3.05) is 12.9 Å². The summed E-state index contributed by atoms with van der Waals surface area (Å²) in [5.74, 6) is 1.36. The Morgan fingerprint density at radius 2 is 1.84 bits per heavy atom. The number of methoxy groups -OCH3 is 1. The minimum atomic E-state index is -0.468. The lowest BCUT2D eigenvalue weighted by Gasteiger charge is -2.32. The highest BCUT2D eigenvalue weighted by Gasteiger charge is 2.52. The molecule has 0 saturated carbocycles. The van der Waals surface area contributed by atoms with E-state index in [1.165, 1.54) is 11.8 Å². The average Bonchev–Trinajstić information content (AvgIpc) is 2.73. The average molecular weight is 362 g/mol. The van der Waals surface area contributed by atoms with Gasteiger partial charge in [-0.25, -0.2) is 0 Å². The van der Waals surface area contributed by atoms with E-state index in [0.717, 1.165) is 22.3 Å². The van der Waals surface area contributed by atoms with Gasteiger partial charge in [-0.05, 0) is 57.3 Å². The fourth-order valence-electron chi connectivity index (χ4n) is 2.50. The summed E-state index contributed by atoms with van der Waals surface area (Å²) in [6, 6.07) is 6.03. The van der Waals surface area contributed by atoms with Crippen LogP contribution in [0.15, 0.2) is 23.7 Å². The lowest BCUT2D eigenvalue weighted by Crippen LogP contribution is -2.41. The Balaban J connectivity index is 2.35. The Bertz CT molecular complexity index is 666. The molecular formula is C19H27BO4S. The molecule has 0 spiro atoms. The van der Waals surface area contributed by atoms with Crippen LogP contribution in [0.3, 0.4) is 0 Å². The highest BCUT2D eigenvalue weighted by molar-refractivity contribution is 8.13. The van der Waals surface area contributed by atoms with Crippen LogP contribution in [0.5, 0.6) is 5.75 Å². The third-order valence-corrected chi connectivity index (χ3v) is 5.67. The fraction of sp³-hybridized carbons (Fsp3) is 0.526. The molecule has 1 aliphatic rings. The number of hydrogen-bond donors (Lipinski definition) is 0. The van der Waals surface area contributed by atoms with Crippen LogP contribution < -0.4 is 4.74 Å². The normalized spacial score (nSPS) is 19.2. The molecule has 1 heterocycles. The molecule has 6 heteroatoms. The van der Waals surface area contributed by atoms with E-state index in [-0.39, 0.29) is 5.12 Å². The summed E-state index contributed by atoms with van der Waals surface area (Å²) >= 11 is 1.26. The Kier molecular flexibility index (Phi) is 6.07. The summed E-state index contributed by atoms with van der Waals surface area (Å²) in [6.07, 6.45) is 2.03. The first-order valence-electron chi connectivity index (χ1n) is 8.40. The highest BCUT2D eigenvalue weighted by Crippen LogP contribution is 2.39. The molecule has 0 N–H and O–H groups in total. The van der Waals surface area contributed by atoms with E-state index in [2.05, 4.69) is 0 Å². The smallest absolute Gasteiger partial charge is 0.491 e. The molecular weight excluding hydrogens is 335 g/mol. The van der Waals surface area contributed by atoms with E-state index in [9.17, 15) is 4.79 Å². The first kappa shape index (κ1) is 20.1. The molecule has 136 valence electrons. The number of benzene rings is 1. The molecule has 2 rings (SSSR count). The van der Waals surface area contributed by atoms with E-state index in [1.54, 1.807) is 14.0 Å². The van der Waals surface area contributed by atoms with Crippen LogP contribution in [0.2, 0.25) is 0 Å². The van der Waals surface area contributed by atoms with Gasteiger partial charge in [0, 0.05) is 12.7 Å². The van der Waals surface area contributed by atoms with Crippen LogP contribution in [-0.2, 0) is 14.1 Å². The highest BCUT2D eigenvalue weighted by atomic mass is 32.2. The molecule has 1 aliphatic heterocycles. The molecule has 0 amide bonds. The number of carbonyl (C=O) groups excluding carboxylic acids is 1. The lowest BCUT2D eigenvalue weighted by atomic mass is 9.78. The molecule has 1 aromatic rings. The molecule has 4 nitrogen and oxygen atoms in total. The third kappa shape index (κ3) is 4.69. The summed E-state index contributed by atoms with van der Waals surface area (Å²) in [7, 11) is 1.19. The van der Waals surface area contributed by atoms with E-state index in [1.807, 2.05) is 58.9 Å². The molecule has 0 bridgehead atoms. The Labute approximate surface area is 155 Å². The van der Waals surface area contributed by atoms with Crippen LogP contribution in [0, 0.1) is 6.92 Å². The number of carbonyl (C=O) groups is 1. The lowest BCUT2D eigenvalue weighted by molar-refractivity contribution is -0.109. The number of hydrogen-bond acceptors (Lipinski definition) is 5. The van der Waals surface area contributed by atoms with Crippen LogP contribution in [-0.4, -0.2) is 36.3 Å². The molecule has 0 atom stereocenters. The minimum Gasteiger partial charge on any atom is -0.496 e. The van der Waals surface area contributed by atoms with E-state index in [4.69, 9.17) is 14.0 Å². The molecule has 0 aliphatic carbocycles. The number of aryl methyl sites for hydroxylation is 1. The van der Waals surface area contributed by atoms with Crippen LogP contribution in [0.1, 0.15) is 45.7 Å². The van der Waals surface area contributed by atoms with Gasteiger partial charge in [0.15, 0.2) is 5.12 Å². The van der Waals surface area contributed by atoms with Crippen molar-refractivity contribution in [3.05, 3.63) is 34.8 Å². The number of rotatable bonds is 5. The number of thioether (sulfide) groups is 1. The van der Waals surface area contributed by atoms with Crippen molar-refractivity contribution in [1.82, 2.24) is 0 Å². The van der Waals surface area contributed by atoms with Gasteiger partial charge in [-0.15, -0.1) is 0 Å². The van der Waals surface area contributed by atoms with Gasteiger partial charge in [-0.3, -0.25) is 4.79 Å². The molecule has 25 heavy (non-hydrogen) atoms. The van der Waals surface area contributed by atoms with Gasteiger partial charge in [-0.1, -0.05) is 30.0 Å². The zero-order valence-corrected chi connectivity index (χ0v) is 17.0. The van der Waals surface area contributed by atoms with E-state index >= 15 is 0 Å². The molecule has 0 aromatic heterocycles. The van der Waals surface area contributed by atoms with Crippen molar-refractivity contribution >= 4 is 30.1 Å². The van der Waals surface area contributed by atoms with Gasteiger partial charge in [-0.2, -0.15) is 0 Å². The van der Waals surface area contributed by atoms with E-state index < -0.39 is 18.3 Å². The first-order valence-corrected chi connectivity index (χ1v) is 9.38. The summed E-state index contributed by atoms with van der Waals surface area (Å²) in [6.45, 7) is 11.7. The summed E-state index contributed by atoms with van der Waals surface area (Å²) in [5, 5.41) is 0.0731. The standard InChI is InChI=1S/C19H27BO4S/c1-13-8-9-15(11-17(13)22-7)10-16(12-25-14(2)21)20-23-18(3,4)19(5,6)24-20/h8-11H,12H2,1-7H3. The zero-order valence-electron chi connectivity index (χ0n) is 16.1. The van der Waals surface area contributed by atoms with Crippen LogP contribution in [0.4, 0.5) is 0 Å². The fourth-order valence-corrected chi connectivity index (χ4v) is 3.09.